The molecule has 7 nitrogen and oxygen atoms in total. The normalized spacial score (nSPS) is 16.4. The number of hydrogen-bond acceptors (Lipinski definition) is 5. The lowest BCUT2D eigenvalue weighted by Gasteiger charge is -2.27. The molecule has 8 heteroatoms. The number of carbonyl (C=O) groups is 1. The first kappa shape index (κ1) is 22.0. The van der Waals surface area contributed by atoms with Crippen molar-refractivity contribution in [2.24, 2.45) is 0 Å². The molecule has 0 aromatic heterocycles. The largest absolute Gasteiger partial charge is 0.332 e. The quantitative estimate of drug-likeness (QED) is 0.421. The highest BCUT2D eigenvalue weighted by Crippen LogP contribution is 2.36. The van der Waals surface area contributed by atoms with Crippen molar-refractivity contribution in [2.45, 2.75) is 37.6 Å². The van der Waals surface area contributed by atoms with Crippen LogP contribution in [0.3, 0.4) is 0 Å². The predicted octanol–water partition coefficient (Wildman–Crippen LogP) is 4.44. The fraction of sp³-hybridized carbons (Fsp3) is 0.292. The highest BCUT2D eigenvalue weighted by Gasteiger charge is 2.33. The zero-order valence-corrected chi connectivity index (χ0v) is 18.8. The summed E-state index contributed by atoms with van der Waals surface area (Å²) in [6.45, 7) is 3.91. The van der Waals surface area contributed by atoms with Crippen molar-refractivity contribution in [3.8, 4) is 0 Å². The molecule has 3 aromatic carbocycles. The summed E-state index contributed by atoms with van der Waals surface area (Å²) in [5.74, 6) is -1.19. The number of benzene rings is 3. The van der Waals surface area contributed by atoms with Crippen LogP contribution in [0.25, 0.3) is 10.8 Å². The Labute approximate surface area is 186 Å². The lowest BCUT2D eigenvalue weighted by Crippen LogP contribution is -2.31. The van der Waals surface area contributed by atoms with E-state index >= 15 is 0 Å². The summed E-state index contributed by atoms with van der Waals surface area (Å²) >= 11 is 0. The minimum Gasteiger partial charge on any atom is -0.332 e. The minimum absolute atomic E-state index is 0.00266. The molecule has 0 N–H and O–H groups in total. The summed E-state index contributed by atoms with van der Waals surface area (Å²) in [5.41, 5.74) is 2.43. The topological polar surface area (TPSA) is 97.6 Å². The van der Waals surface area contributed by atoms with Crippen molar-refractivity contribution < 1.29 is 18.1 Å². The van der Waals surface area contributed by atoms with Gasteiger partial charge in [-0.15, -0.1) is 0 Å². The van der Waals surface area contributed by atoms with E-state index < -0.39 is 20.6 Å². The number of nitrogens with zero attached hydrogens (tertiary/aromatic N) is 2. The fourth-order valence-corrected chi connectivity index (χ4v) is 6.30. The molecule has 1 saturated heterocycles. The molecule has 166 valence electrons. The Bertz CT molecular complexity index is 1300. The zero-order valence-electron chi connectivity index (χ0n) is 17.9. The van der Waals surface area contributed by atoms with Gasteiger partial charge in [-0.05, 0) is 60.2 Å². The van der Waals surface area contributed by atoms with E-state index in [2.05, 4.69) is 0 Å². The number of sulfone groups is 1. The Morgan fingerprint density at radius 1 is 1.09 bits per heavy atom. The van der Waals surface area contributed by atoms with Gasteiger partial charge in [0.1, 0.15) is 0 Å². The maximum atomic E-state index is 13.5. The second kappa shape index (κ2) is 8.35. The predicted molar refractivity (Wildman–Crippen MR) is 122 cm³/mol. The number of amides is 1. The van der Waals surface area contributed by atoms with Crippen LogP contribution < -0.4 is 0 Å². The number of likely N-dealkylation sites (tertiary alicyclic amines) is 1. The fourth-order valence-electron chi connectivity index (χ4n) is 4.79. The van der Waals surface area contributed by atoms with E-state index in [1.54, 1.807) is 26.0 Å². The Balaban J connectivity index is 1.71. The van der Waals surface area contributed by atoms with Gasteiger partial charge in [-0.1, -0.05) is 48.5 Å². The van der Waals surface area contributed by atoms with Crippen LogP contribution in [-0.2, 0) is 9.84 Å². The van der Waals surface area contributed by atoms with E-state index in [-0.39, 0.29) is 16.8 Å². The molecule has 0 radical (unpaired) electrons. The van der Waals surface area contributed by atoms with Crippen LogP contribution in [0, 0.1) is 24.0 Å². The maximum Gasteiger partial charge on any atom is 0.305 e. The minimum atomic E-state index is -4.04. The van der Waals surface area contributed by atoms with Crippen molar-refractivity contribution in [3.63, 3.8) is 0 Å². The van der Waals surface area contributed by atoms with Crippen molar-refractivity contribution in [1.29, 1.82) is 0 Å². The third-order valence-electron chi connectivity index (χ3n) is 5.99. The first-order valence-corrected chi connectivity index (χ1v) is 12.1. The monoisotopic (exact) mass is 452 g/mol. The third kappa shape index (κ3) is 3.98. The highest BCUT2D eigenvalue weighted by molar-refractivity contribution is 7.91. The molecule has 0 aliphatic carbocycles. The molecule has 0 spiro atoms. The second-order valence-corrected chi connectivity index (χ2v) is 10.1. The van der Waals surface area contributed by atoms with Crippen molar-refractivity contribution in [2.75, 3.05) is 12.4 Å². The van der Waals surface area contributed by atoms with Crippen LogP contribution in [0.2, 0.25) is 0 Å². The number of hydrogen-bond donors (Lipinski definition) is 0. The first-order chi connectivity index (χ1) is 15.2. The number of rotatable bonds is 5. The Kier molecular flexibility index (Phi) is 5.73. The van der Waals surface area contributed by atoms with Crippen LogP contribution >= 0.6 is 0 Å². The number of nitro groups is 1. The van der Waals surface area contributed by atoms with Crippen molar-refractivity contribution in [3.05, 3.63) is 87.0 Å². The van der Waals surface area contributed by atoms with Gasteiger partial charge in [0, 0.05) is 17.0 Å². The molecule has 3 aromatic rings. The maximum absolute atomic E-state index is 13.5. The Morgan fingerprint density at radius 2 is 1.75 bits per heavy atom. The lowest BCUT2D eigenvalue weighted by molar-refractivity contribution is -0.458. The van der Waals surface area contributed by atoms with E-state index in [1.807, 2.05) is 47.4 Å². The molecule has 1 unspecified atom stereocenters. The SMILES string of the molecule is Cc1cc(C2CCCN2C(=O)c2cccc3ccccc23)cc(C)c1S(=O)(=O)C[N+](=O)[O-]. The van der Waals surface area contributed by atoms with Crippen molar-refractivity contribution in [1.82, 2.24) is 4.90 Å². The standard InChI is InChI=1S/C24H24N2O5S/c1-16-13-19(14-17(2)23(16)32(30,31)15-26(28)29)22-11-6-12-25(22)24(27)21-10-5-8-18-7-3-4-9-20(18)21/h3-5,7-10,13-14,22H,6,11-12,15H2,1-2H3. The molecule has 4 rings (SSSR count). The molecule has 1 fully saturated rings. The van der Waals surface area contributed by atoms with Crippen molar-refractivity contribution >= 4 is 26.5 Å². The Morgan fingerprint density at radius 3 is 2.44 bits per heavy atom. The summed E-state index contributed by atoms with van der Waals surface area (Å²) in [6.07, 6.45) is 1.62. The Hall–Kier alpha value is -3.26. The summed E-state index contributed by atoms with van der Waals surface area (Å²) in [6, 6.07) is 16.8. The van der Waals surface area contributed by atoms with Crippen LogP contribution in [0.1, 0.15) is 45.9 Å². The summed E-state index contributed by atoms with van der Waals surface area (Å²) in [5, 5.41) is 12.7. The second-order valence-electron chi connectivity index (χ2n) is 8.24. The molecular weight excluding hydrogens is 428 g/mol. The number of carbonyl (C=O) groups excluding carboxylic acids is 1. The molecule has 0 saturated carbocycles. The van der Waals surface area contributed by atoms with E-state index in [4.69, 9.17) is 0 Å². The van der Waals surface area contributed by atoms with E-state index in [1.165, 1.54) is 0 Å². The van der Waals surface area contributed by atoms with E-state index in [0.717, 1.165) is 29.2 Å². The lowest BCUT2D eigenvalue weighted by atomic mass is 9.98. The van der Waals surface area contributed by atoms with Crippen LogP contribution in [0.5, 0.6) is 0 Å². The molecule has 0 bridgehead atoms. The summed E-state index contributed by atoms with van der Waals surface area (Å²) in [7, 11) is -4.04. The van der Waals surface area contributed by atoms with Gasteiger partial charge in [0.25, 0.3) is 5.91 Å². The number of aryl methyl sites for hydroxylation is 2. The van der Waals surface area contributed by atoms with Gasteiger partial charge in [0.05, 0.1) is 10.9 Å². The van der Waals surface area contributed by atoms with Gasteiger partial charge in [-0.25, -0.2) is 8.42 Å². The zero-order chi connectivity index (χ0) is 23.0. The van der Waals surface area contributed by atoms with Crippen LogP contribution in [0.15, 0.2) is 59.5 Å². The van der Waals surface area contributed by atoms with Gasteiger partial charge in [0.2, 0.25) is 9.84 Å². The molecule has 1 amide bonds. The molecule has 1 aliphatic heterocycles. The van der Waals surface area contributed by atoms with Crippen LogP contribution in [0.4, 0.5) is 0 Å². The molecule has 32 heavy (non-hydrogen) atoms. The van der Waals surface area contributed by atoms with Gasteiger partial charge in [0.15, 0.2) is 0 Å². The first-order valence-electron chi connectivity index (χ1n) is 10.4. The summed E-state index contributed by atoms with van der Waals surface area (Å²) in [4.78, 5) is 25.4. The smallest absolute Gasteiger partial charge is 0.305 e. The third-order valence-corrected chi connectivity index (χ3v) is 7.80. The average molecular weight is 453 g/mol. The summed E-state index contributed by atoms with van der Waals surface area (Å²) < 4.78 is 25.0. The van der Waals surface area contributed by atoms with Gasteiger partial charge in [-0.3, -0.25) is 14.9 Å². The van der Waals surface area contributed by atoms with Gasteiger partial charge in [-0.2, -0.15) is 0 Å². The molecule has 1 aliphatic rings. The van der Waals surface area contributed by atoms with Gasteiger partial charge >= 0.3 is 5.88 Å². The van der Waals surface area contributed by atoms with Crippen LogP contribution in [-0.4, -0.2) is 36.6 Å². The highest BCUT2D eigenvalue weighted by atomic mass is 32.2. The van der Waals surface area contributed by atoms with E-state index in [9.17, 15) is 23.3 Å². The van der Waals surface area contributed by atoms with Gasteiger partial charge < -0.3 is 4.90 Å². The average Bonchev–Trinajstić information content (AvgIpc) is 3.21. The molecule has 1 heterocycles. The molecular formula is C24H24N2O5S. The van der Waals surface area contributed by atoms with E-state index in [0.29, 0.717) is 23.2 Å². The molecule has 1 atom stereocenters. The number of fused-ring (bicyclic) bond motifs is 1.